The summed E-state index contributed by atoms with van der Waals surface area (Å²) in [6.07, 6.45) is 0. The van der Waals surface area contributed by atoms with Gasteiger partial charge in [0.15, 0.2) is 0 Å². The van der Waals surface area contributed by atoms with Gasteiger partial charge in [-0.1, -0.05) is 70.8 Å². The van der Waals surface area contributed by atoms with E-state index in [2.05, 4.69) is 192 Å². The molecule has 0 unspecified atom stereocenters. The maximum Gasteiger partial charge on any atom is 0.308 e. The Kier molecular flexibility index (Phi) is 13.7. The lowest BCUT2D eigenvalue weighted by Gasteiger charge is -2.10. The molecular weight excluding hydrogens is 1270 g/mol. The number of thiophene rings is 4. The van der Waals surface area contributed by atoms with E-state index >= 15 is 0 Å². The number of hydrogen-bond acceptors (Lipinski definition) is 12. The first-order chi connectivity index (χ1) is 46.5. The molecule has 12 nitrogen and oxygen atoms in total. The first kappa shape index (κ1) is 58.9. The minimum atomic E-state index is -0.341. The number of aromatic nitrogens is 4. The van der Waals surface area contributed by atoms with Gasteiger partial charge >= 0.3 is 23.9 Å². The molecule has 16 heteroatoms. The Bertz CT molecular complexity index is 5590. The SMILES string of the molecule is CC(=O)Oc1ccc2c3sc4cc5c(cc4c3n(-c3ccc(C)cc3)c2c1)sc1c2ccc(OC(C)=O)cc2n(-c2ccc(C)cc2)c51.CC(=O)Oc1ccc2c3sc4cc5c(cc4c3n(-c3ccc(C)cc3)c2c1)sc1c2ccc(OC(C)=O)cc2n(-c2ccc(C)cc2)c51. The van der Waals surface area contributed by atoms with E-state index < -0.39 is 0 Å². The highest BCUT2D eigenvalue weighted by Gasteiger charge is 2.27. The van der Waals surface area contributed by atoms with Crippen molar-refractivity contribution >= 4 is 194 Å². The van der Waals surface area contributed by atoms with Gasteiger partial charge in [-0.05, 0) is 149 Å². The summed E-state index contributed by atoms with van der Waals surface area (Å²) in [4.78, 5) is 47.4. The molecule has 468 valence electrons. The zero-order valence-electron chi connectivity index (χ0n) is 53.2. The molecule has 8 heterocycles. The van der Waals surface area contributed by atoms with Gasteiger partial charge in [0.25, 0.3) is 0 Å². The average Bonchev–Trinajstić information content (AvgIpc) is 1.55. The molecule has 8 aromatic heterocycles. The second-order valence-corrected chi connectivity index (χ2v) is 28.8. The molecule has 0 bridgehead atoms. The Morgan fingerprint density at radius 3 is 0.646 bits per heavy atom. The van der Waals surface area contributed by atoms with Crippen molar-refractivity contribution in [3.8, 4) is 45.7 Å². The van der Waals surface area contributed by atoms with E-state index in [1.54, 1.807) is 45.3 Å². The van der Waals surface area contributed by atoms with Gasteiger partial charge in [-0.25, -0.2) is 0 Å². The molecule has 0 aliphatic carbocycles. The van der Waals surface area contributed by atoms with Crippen molar-refractivity contribution in [2.75, 3.05) is 0 Å². The zero-order chi connectivity index (χ0) is 65.7. The zero-order valence-corrected chi connectivity index (χ0v) is 56.4. The van der Waals surface area contributed by atoms with E-state index in [1.807, 2.05) is 48.5 Å². The fourth-order valence-electron chi connectivity index (χ4n) is 13.7. The molecule has 96 heavy (non-hydrogen) atoms. The van der Waals surface area contributed by atoms with Crippen LogP contribution in [0.15, 0.2) is 194 Å². The molecule has 18 rings (SSSR count). The van der Waals surface area contributed by atoms with E-state index in [1.165, 1.54) is 109 Å². The van der Waals surface area contributed by atoms with E-state index in [9.17, 15) is 19.2 Å². The summed E-state index contributed by atoms with van der Waals surface area (Å²) in [5.41, 5.74) is 17.5. The quantitative estimate of drug-likeness (QED) is 0.109. The normalized spacial score (nSPS) is 11.9. The van der Waals surface area contributed by atoms with Crippen LogP contribution < -0.4 is 18.9 Å². The summed E-state index contributed by atoms with van der Waals surface area (Å²) < 4.78 is 40.8. The number of hydrogen-bond donors (Lipinski definition) is 0. The number of carbonyl (C=O) groups is 4. The van der Waals surface area contributed by atoms with Gasteiger partial charge in [-0.3, -0.25) is 19.2 Å². The maximum absolute atomic E-state index is 11.8. The number of nitrogens with zero attached hydrogens (tertiary/aromatic N) is 4. The van der Waals surface area contributed by atoms with Gasteiger partial charge in [0.05, 0.1) is 62.9 Å². The molecule has 0 fully saturated rings. The van der Waals surface area contributed by atoms with Gasteiger partial charge in [0.2, 0.25) is 0 Å². The van der Waals surface area contributed by atoms with E-state index in [0.29, 0.717) is 23.0 Å². The van der Waals surface area contributed by atoms with Gasteiger partial charge in [0.1, 0.15) is 23.0 Å². The topological polar surface area (TPSA) is 125 Å². The fourth-order valence-corrected chi connectivity index (χ4v) is 18.7. The van der Waals surface area contributed by atoms with E-state index in [0.717, 1.165) is 88.4 Å². The Morgan fingerprint density at radius 1 is 0.260 bits per heavy atom. The molecule has 0 saturated heterocycles. The van der Waals surface area contributed by atoms with E-state index in [4.69, 9.17) is 18.9 Å². The van der Waals surface area contributed by atoms with E-state index in [-0.39, 0.29) is 23.9 Å². The maximum atomic E-state index is 11.8. The standard InChI is InChI=1S/2C40H28N2O4S2/c2*1-21-5-9-25(10-6-21)41-33-17-27(45-23(3)43)13-15-29(33)39-37(41)31-19-36-32(20-35(31)47-39)38-40(48-36)30-16-14-28(46-24(4)44)18-34(30)42(38)26-11-7-22(2)8-12-26/h2*5-20H,1-4H3. The second-order valence-electron chi connectivity index (χ2n) is 24.6. The molecule has 0 radical (unpaired) electrons. The van der Waals surface area contributed by atoms with Crippen LogP contribution in [0.4, 0.5) is 0 Å². The van der Waals surface area contributed by atoms with Crippen LogP contribution in [-0.4, -0.2) is 42.1 Å². The Balaban J connectivity index is 0.000000145. The third-order valence-electron chi connectivity index (χ3n) is 17.8. The third-order valence-corrected chi connectivity index (χ3v) is 22.5. The summed E-state index contributed by atoms with van der Waals surface area (Å²) in [6, 6.07) is 67.2. The number of rotatable bonds is 8. The first-order valence-corrected chi connectivity index (χ1v) is 34.6. The van der Waals surface area contributed by atoms with Gasteiger partial charge in [-0.2, -0.15) is 0 Å². The molecule has 0 spiro atoms. The van der Waals surface area contributed by atoms with Crippen molar-refractivity contribution in [2.45, 2.75) is 55.4 Å². The molecular formula is C80H56N4O8S4. The lowest BCUT2D eigenvalue weighted by Crippen LogP contribution is -2.01. The van der Waals surface area contributed by atoms with Crippen LogP contribution in [0.5, 0.6) is 23.0 Å². The third kappa shape index (κ3) is 9.64. The van der Waals surface area contributed by atoms with Crippen molar-refractivity contribution in [3.63, 3.8) is 0 Å². The lowest BCUT2D eigenvalue weighted by molar-refractivity contribution is -0.132. The van der Waals surface area contributed by atoms with Crippen molar-refractivity contribution < 1.29 is 38.1 Å². The van der Waals surface area contributed by atoms with Gasteiger partial charge in [-0.15, -0.1) is 45.3 Å². The fraction of sp³-hybridized carbons (Fsp3) is 0.100. The number of esters is 4. The van der Waals surface area contributed by atoms with Crippen molar-refractivity contribution in [2.24, 2.45) is 0 Å². The summed E-state index contributed by atoms with van der Waals surface area (Å²) >= 11 is 7.14. The number of fused-ring (bicyclic) bond motifs is 20. The highest BCUT2D eigenvalue weighted by molar-refractivity contribution is 7.29. The Morgan fingerprint density at radius 2 is 0.458 bits per heavy atom. The second kappa shape index (κ2) is 22.4. The van der Waals surface area contributed by atoms with Crippen LogP contribution in [0.1, 0.15) is 49.9 Å². The van der Waals surface area contributed by atoms with Crippen LogP contribution in [0.3, 0.4) is 0 Å². The number of ether oxygens (including phenoxy) is 4. The minimum absolute atomic E-state index is 0.341. The Hall–Kier alpha value is -10.9. The molecule has 0 N–H and O–H groups in total. The first-order valence-electron chi connectivity index (χ1n) is 31.3. The predicted molar refractivity (Wildman–Crippen MR) is 396 cm³/mol. The Labute approximate surface area is 564 Å². The molecule has 0 aliphatic heterocycles. The van der Waals surface area contributed by atoms with Crippen molar-refractivity contribution in [3.05, 3.63) is 216 Å². The smallest absolute Gasteiger partial charge is 0.308 e. The number of benzene rings is 10. The van der Waals surface area contributed by atoms with Crippen LogP contribution in [0.25, 0.3) is 148 Å². The summed E-state index contributed by atoms with van der Waals surface area (Å²) in [5.74, 6) is 0.754. The van der Waals surface area contributed by atoms with Gasteiger partial charge < -0.3 is 37.2 Å². The molecule has 0 aliphatic rings. The molecule has 0 atom stereocenters. The van der Waals surface area contributed by atoms with Gasteiger partial charge in [0, 0.05) is 137 Å². The number of carbonyl (C=O) groups excluding carboxylic acids is 4. The summed E-state index contributed by atoms with van der Waals surface area (Å²) in [7, 11) is 0. The monoisotopic (exact) mass is 1330 g/mol. The van der Waals surface area contributed by atoms with Crippen LogP contribution in [0, 0.1) is 27.7 Å². The highest BCUT2D eigenvalue weighted by atomic mass is 32.1. The minimum Gasteiger partial charge on any atom is -0.427 e. The predicted octanol–water partition coefficient (Wildman–Crippen LogP) is 21.6. The van der Waals surface area contributed by atoms with Crippen molar-refractivity contribution in [1.29, 1.82) is 0 Å². The van der Waals surface area contributed by atoms with Crippen LogP contribution in [-0.2, 0) is 19.2 Å². The summed E-state index contributed by atoms with van der Waals surface area (Å²) in [6.45, 7) is 14.1. The molecule has 18 aromatic rings. The number of aryl methyl sites for hydroxylation is 4. The summed E-state index contributed by atoms with van der Waals surface area (Å²) in [5, 5.41) is 9.18. The molecule has 0 saturated carbocycles. The average molecular weight is 1330 g/mol. The highest BCUT2D eigenvalue weighted by Crippen LogP contribution is 2.52. The molecule has 10 aromatic carbocycles. The van der Waals surface area contributed by atoms with Crippen LogP contribution in [0.2, 0.25) is 0 Å². The molecule has 0 amide bonds. The van der Waals surface area contributed by atoms with Crippen LogP contribution >= 0.6 is 45.3 Å². The van der Waals surface area contributed by atoms with Crippen molar-refractivity contribution in [1.82, 2.24) is 18.3 Å². The lowest BCUT2D eigenvalue weighted by atomic mass is 10.1. The largest absolute Gasteiger partial charge is 0.427 e.